The molecular formula is C26H26N6O7S2. The van der Waals surface area contributed by atoms with Gasteiger partial charge in [0, 0.05) is 19.3 Å². The summed E-state index contributed by atoms with van der Waals surface area (Å²) >= 11 is 0. The second-order valence-corrected chi connectivity index (χ2v) is 11.3. The molecule has 15 heteroatoms. The minimum absolute atomic E-state index is 0.0111. The number of anilines is 5. The molecule has 0 aliphatic rings. The molecule has 0 aliphatic carbocycles. The monoisotopic (exact) mass is 598 g/mol. The molecule has 4 aromatic rings. The Morgan fingerprint density at radius 3 is 2.02 bits per heavy atom. The third-order valence-corrected chi connectivity index (χ3v) is 7.52. The fraction of sp³-hybridized carbons (Fsp3) is 0.115. The molecule has 1 heterocycles. The van der Waals surface area contributed by atoms with Gasteiger partial charge in [0.05, 0.1) is 12.3 Å². The smallest absolute Gasteiger partial charge is 0.297 e. The highest BCUT2D eigenvalue weighted by Crippen LogP contribution is 2.30. The van der Waals surface area contributed by atoms with Crippen molar-refractivity contribution in [2.75, 3.05) is 35.7 Å². The van der Waals surface area contributed by atoms with Crippen molar-refractivity contribution in [3.63, 3.8) is 0 Å². The van der Waals surface area contributed by atoms with Gasteiger partial charge in [0.1, 0.15) is 9.79 Å². The van der Waals surface area contributed by atoms with Crippen LogP contribution in [0.15, 0.2) is 82.6 Å². The number of aromatic nitrogens is 3. The van der Waals surface area contributed by atoms with Gasteiger partial charge in [-0.2, -0.15) is 31.8 Å². The fourth-order valence-corrected chi connectivity index (χ4v) is 5.29. The van der Waals surface area contributed by atoms with Crippen LogP contribution in [0.3, 0.4) is 0 Å². The summed E-state index contributed by atoms with van der Waals surface area (Å²) in [6.07, 6.45) is 2.58. The highest BCUT2D eigenvalue weighted by atomic mass is 32.2. The summed E-state index contributed by atoms with van der Waals surface area (Å²) in [4.78, 5) is 13.7. The van der Waals surface area contributed by atoms with Crippen LogP contribution in [0.4, 0.5) is 29.2 Å². The molecule has 0 unspecified atom stereocenters. The number of nitrogens with zero attached hydrogens (tertiary/aromatic N) is 4. The molecule has 214 valence electrons. The average molecular weight is 599 g/mol. The molecule has 0 atom stereocenters. The maximum absolute atomic E-state index is 12.5. The Morgan fingerprint density at radius 2 is 1.37 bits per heavy atom. The van der Waals surface area contributed by atoms with Crippen molar-refractivity contribution < 1.29 is 31.0 Å². The van der Waals surface area contributed by atoms with Crippen molar-refractivity contribution >= 4 is 61.6 Å². The van der Waals surface area contributed by atoms with Gasteiger partial charge >= 0.3 is 0 Å². The minimum Gasteiger partial charge on any atom is -0.395 e. The average Bonchev–Trinajstić information content (AvgIpc) is 2.91. The largest absolute Gasteiger partial charge is 0.395 e. The first-order chi connectivity index (χ1) is 19.5. The van der Waals surface area contributed by atoms with Crippen molar-refractivity contribution in [1.29, 1.82) is 0 Å². The van der Waals surface area contributed by atoms with Crippen molar-refractivity contribution in [3.8, 4) is 0 Å². The summed E-state index contributed by atoms with van der Waals surface area (Å²) in [5.74, 6) is 0.224. The first-order valence-corrected chi connectivity index (χ1v) is 14.9. The number of benzene rings is 3. The topological polar surface area (TPSA) is 195 Å². The molecule has 0 saturated heterocycles. The normalized spacial score (nSPS) is 11.9. The van der Waals surface area contributed by atoms with E-state index in [2.05, 4.69) is 25.6 Å². The van der Waals surface area contributed by atoms with Crippen molar-refractivity contribution in [1.82, 2.24) is 15.0 Å². The van der Waals surface area contributed by atoms with E-state index in [0.29, 0.717) is 5.69 Å². The van der Waals surface area contributed by atoms with Gasteiger partial charge in [-0.3, -0.25) is 9.11 Å². The number of para-hydroxylation sites is 1. The number of hydrogen-bond acceptors (Lipinski definition) is 11. The van der Waals surface area contributed by atoms with E-state index in [4.69, 9.17) is 0 Å². The Kier molecular flexibility index (Phi) is 8.95. The van der Waals surface area contributed by atoms with Crippen LogP contribution in [0.25, 0.3) is 12.2 Å². The first-order valence-electron chi connectivity index (χ1n) is 12.0. The van der Waals surface area contributed by atoms with E-state index < -0.39 is 25.1 Å². The highest BCUT2D eigenvalue weighted by Gasteiger charge is 2.21. The molecule has 0 radical (unpaired) electrons. The van der Waals surface area contributed by atoms with Crippen LogP contribution in [0.5, 0.6) is 0 Å². The molecule has 41 heavy (non-hydrogen) atoms. The van der Waals surface area contributed by atoms with Crippen LogP contribution in [0.2, 0.25) is 0 Å². The Bertz CT molecular complexity index is 1780. The van der Waals surface area contributed by atoms with Gasteiger partial charge in [0.2, 0.25) is 17.8 Å². The maximum Gasteiger partial charge on any atom is 0.297 e. The summed E-state index contributed by atoms with van der Waals surface area (Å²) in [5, 5.41) is 15.2. The summed E-state index contributed by atoms with van der Waals surface area (Å²) in [6.45, 7) is 0.0319. The zero-order valence-electron chi connectivity index (χ0n) is 21.6. The van der Waals surface area contributed by atoms with Gasteiger partial charge in [-0.05, 0) is 35.4 Å². The van der Waals surface area contributed by atoms with Gasteiger partial charge in [0.15, 0.2) is 0 Å². The summed E-state index contributed by atoms with van der Waals surface area (Å²) < 4.78 is 68.2. The number of rotatable bonds is 11. The zero-order valence-corrected chi connectivity index (χ0v) is 23.2. The fourth-order valence-electron chi connectivity index (χ4n) is 3.77. The van der Waals surface area contributed by atoms with E-state index in [1.807, 2.05) is 18.2 Å². The van der Waals surface area contributed by atoms with E-state index >= 15 is 0 Å². The lowest BCUT2D eigenvalue weighted by molar-refractivity contribution is 0.303. The molecule has 0 saturated carbocycles. The van der Waals surface area contributed by atoms with Crippen LogP contribution in [-0.2, 0) is 20.2 Å². The SMILES string of the molecule is CN(CCO)c1nc(Nc2ccccc2)nc(Nc2cccc(C=Cc3ccccc3S(=O)(=O)O)c2S(=O)(=O)O)n1. The number of likely N-dealkylation sites (N-methyl/N-ethyl adjacent to an activating group) is 1. The molecule has 0 fully saturated rings. The van der Waals surface area contributed by atoms with Gasteiger partial charge in [-0.25, -0.2) is 0 Å². The molecule has 1 aromatic heterocycles. The van der Waals surface area contributed by atoms with Crippen LogP contribution >= 0.6 is 0 Å². The Morgan fingerprint density at radius 1 is 0.756 bits per heavy atom. The van der Waals surface area contributed by atoms with Gasteiger partial charge in [-0.1, -0.05) is 60.7 Å². The van der Waals surface area contributed by atoms with Crippen molar-refractivity contribution in [3.05, 3.63) is 83.9 Å². The standard InChI is InChI=1S/C26H26N6O7S2/c1-32(16-17-33)26-30-24(27-20-10-3-2-4-11-20)29-25(31-26)28-21-12-7-9-19(23(21)41(37,38)39)15-14-18-8-5-6-13-22(18)40(34,35)36/h2-15,33H,16-17H2,1H3,(H,34,35,36)(H,37,38,39)(H2,27,28,29,30,31). The zero-order chi connectivity index (χ0) is 29.6. The van der Waals surface area contributed by atoms with Gasteiger partial charge in [-0.15, -0.1) is 0 Å². The summed E-state index contributed by atoms with van der Waals surface area (Å²) in [7, 11) is -7.73. The van der Waals surface area contributed by atoms with E-state index in [1.165, 1.54) is 48.6 Å². The molecule has 4 rings (SSSR count). The molecule has 5 N–H and O–H groups in total. The van der Waals surface area contributed by atoms with Crippen LogP contribution in [0.1, 0.15) is 11.1 Å². The third kappa shape index (κ3) is 7.62. The van der Waals surface area contributed by atoms with E-state index in [-0.39, 0.29) is 52.7 Å². The maximum atomic E-state index is 12.5. The van der Waals surface area contributed by atoms with Crippen LogP contribution in [0, 0.1) is 0 Å². The molecule has 0 amide bonds. The lowest BCUT2D eigenvalue weighted by atomic mass is 10.1. The lowest BCUT2D eigenvalue weighted by Crippen LogP contribution is -2.24. The summed E-state index contributed by atoms with van der Waals surface area (Å²) in [5.41, 5.74) is 0.707. The Hall–Kier alpha value is -4.41. The van der Waals surface area contributed by atoms with Gasteiger partial charge < -0.3 is 20.6 Å². The molecule has 0 bridgehead atoms. The van der Waals surface area contributed by atoms with Crippen molar-refractivity contribution in [2.24, 2.45) is 0 Å². The molecule has 0 aliphatic heterocycles. The molecule has 13 nitrogen and oxygen atoms in total. The van der Waals surface area contributed by atoms with Crippen molar-refractivity contribution in [2.45, 2.75) is 9.79 Å². The van der Waals surface area contributed by atoms with Crippen LogP contribution in [-0.4, -0.2) is 66.2 Å². The molecule has 3 aromatic carbocycles. The van der Waals surface area contributed by atoms with E-state index in [1.54, 1.807) is 30.1 Å². The quantitative estimate of drug-likeness (QED) is 0.124. The second-order valence-electron chi connectivity index (χ2n) is 8.59. The number of hydrogen-bond donors (Lipinski definition) is 5. The molecular weight excluding hydrogens is 572 g/mol. The third-order valence-electron chi connectivity index (χ3n) is 5.62. The predicted molar refractivity (Wildman–Crippen MR) is 155 cm³/mol. The number of aliphatic hydroxyl groups is 1. The van der Waals surface area contributed by atoms with Crippen LogP contribution < -0.4 is 15.5 Å². The second kappa shape index (κ2) is 12.4. The van der Waals surface area contributed by atoms with E-state index in [9.17, 15) is 31.0 Å². The highest BCUT2D eigenvalue weighted by molar-refractivity contribution is 7.86. The van der Waals surface area contributed by atoms with E-state index in [0.717, 1.165) is 0 Å². The van der Waals surface area contributed by atoms with Gasteiger partial charge in [0.25, 0.3) is 20.2 Å². The number of aliphatic hydroxyl groups excluding tert-OH is 1. The molecule has 0 spiro atoms. The summed E-state index contributed by atoms with van der Waals surface area (Å²) in [6, 6.07) is 18.9. The number of nitrogens with one attached hydrogen (secondary N) is 2. The lowest BCUT2D eigenvalue weighted by Gasteiger charge is -2.18. The predicted octanol–water partition coefficient (Wildman–Crippen LogP) is 3.45. The first kappa shape index (κ1) is 29.6. The minimum atomic E-state index is -4.83. The Balaban J connectivity index is 1.77. The Labute approximate surface area is 236 Å².